The fourth-order valence-corrected chi connectivity index (χ4v) is 4.14. The number of nitrogens with zero attached hydrogens (tertiary/aromatic N) is 4. The Morgan fingerprint density at radius 2 is 1.79 bits per heavy atom. The number of hydrogen-bond acceptors (Lipinski definition) is 3. The van der Waals surface area contributed by atoms with Gasteiger partial charge < -0.3 is 9.47 Å². The maximum Gasteiger partial charge on any atom is 0.222 e. The van der Waals surface area contributed by atoms with Gasteiger partial charge in [0.15, 0.2) is 0 Å². The zero-order valence-corrected chi connectivity index (χ0v) is 17.5. The predicted octanol–water partition coefficient (Wildman–Crippen LogP) is 3.84. The summed E-state index contributed by atoms with van der Waals surface area (Å²) in [6.07, 6.45) is 1.58. The first-order valence-electron chi connectivity index (χ1n) is 10.6. The van der Waals surface area contributed by atoms with Crippen LogP contribution in [0.25, 0.3) is 11.0 Å². The van der Waals surface area contributed by atoms with Crippen LogP contribution in [0.15, 0.2) is 48.5 Å². The van der Waals surface area contributed by atoms with Gasteiger partial charge in [-0.05, 0) is 31.0 Å². The van der Waals surface area contributed by atoms with Gasteiger partial charge in [0, 0.05) is 39.1 Å². The summed E-state index contributed by atoms with van der Waals surface area (Å²) in [4.78, 5) is 21.5. The third-order valence-corrected chi connectivity index (χ3v) is 5.71. The van der Waals surface area contributed by atoms with Crippen LogP contribution in [0.5, 0.6) is 0 Å². The van der Waals surface area contributed by atoms with Crippen molar-refractivity contribution in [1.29, 1.82) is 0 Å². The first-order valence-corrected chi connectivity index (χ1v) is 10.6. The number of aryl methyl sites for hydroxylation is 1. The molecule has 152 valence electrons. The Balaban J connectivity index is 1.52. The second-order valence-electron chi connectivity index (χ2n) is 8.00. The van der Waals surface area contributed by atoms with Gasteiger partial charge in [0.2, 0.25) is 5.91 Å². The summed E-state index contributed by atoms with van der Waals surface area (Å²) in [6, 6.07) is 17.1. The second kappa shape index (κ2) is 8.78. The molecule has 0 bridgehead atoms. The zero-order valence-electron chi connectivity index (χ0n) is 17.5. The van der Waals surface area contributed by atoms with Crippen LogP contribution >= 0.6 is 0 Å². The summed E-state index contributed by atoms with van der Waals surface area (Å²) in [5, 5.41) is 0. The van der Waals surface area contributed by atoms with E-state index in [0.29, 0.717) is 12.3 Å². The zero-order chi connectivity index (χ0) is 20.2. The molecule has 1 saturated heterocycles. The lowest BCUT2D eigenvalue weighted by Crippen LogP contribution is -2.48. The van der Waals surface area contributed by atoms with E-state index in [0.717, 1.165) is 57.0 Å². The number of rotatable bonds is 6. The lowest BCUT2D eigenvalue weighted by molar-refractivity contribution is -0.133. The highest BCUT2D eigenvalue weighted by Gasteiger charge is 2.22. The quantitative estimate of drug-likeness (QED) is 0.642. The van der Waals surface area contributed by atoms with Crippen LogP contribution in [0.3, 0.4) is 0 Å². The van der Waals surface area contributed by atoms with Crippen molar-refractivity contribution in [3.8, 4) is 0 Å². The van der Waals surface area contributed by atoms with Gasteiger partial charge in [0.1, 0.15) is 5.82 Å². The van der Waals surface area contributed by atoms with Crippen LogP contribution < -0.4 is 0 Å². The highest BCUT2D eigenvalue weighted by Crippen LogP contribution is 2.20. The van der Waals surface area contributed by atoms with Gasteiger partial charge in [-0.3, -0.25) is 9.69 Å². The highest BCUT2D eigenvalue weighted by atomic mass is 16.2. The molecule has 5 heteroatoms. The third kappa shape index (κ3) is 4.51. The Morgan fingerprint density at radius 3 is 2.55 bits per heavy atom. The van der Waals surface area contributed by atoms with Crippen LogP contribution in [0.1, 0.15) is 36.7 Å². The molecule has 0 radical (unpaired) electrons. The van der Waals surface area contributed by atoms with E-state index in [1.165, 1.54) is 16.6 Å². The normalized spacial score (nSPS) is 15.2. The Bertz CT molecular complexity index is 985. The summed E-state index contributed by atoms with van der Waals surface area (Å²) in [7, 11) is 0. The van der Waals surface area contributed by atoms with Crippen LogP contribution in [0.2, 0.25) is 0 Å². The number of carbonyl (C=O) groups is 1. The molecule has 0 N–H and O–H groups in total. The molecule has 2 aromatic carbocycles. The molecule has 2 heterocycles. The SMILES string of the molecule is CCCC(=O)N1CCN(Cc2nc3ccccc3n2Cc2cccc(C)c2)CC1. The third-order valence-electron chi connectivity index (χ3n) is 5.71. The number of imidazole rings is 1. The van der Waals surface area contributed by atoms with E-state index in [1.807, 2.05) is 11.0 Å². The minimum absolute atomic E-state index is 0.291. The number of benzene rings is 2. The van der Waals surface area contributed by atoms with Gasteiger partial charge >= 0.3 is 0 Å². The van der Waals surface area contributed by atoms with Gasteiger partial charge in [-0.25, -0.2) is 4.98 Å². The van der Waals surface area contributed by atoms with Gasteiger partial charge in [-0.15, -0.1) is 0 Å². The maximum atomic E-state index is 12.2. The van der Waals surface area contributed by atoms with Gasteiger partial charge in [0.25, 0.3) is 0 Å². The number of para-hydroxylation sites is 2. The smallest absolute Gasteiger partial charge is 0.222 e. The molecule has 29 heavy (non-hydrogen) atoms. The van der Waals surface area contributed by atoms with Crippen molar-refractivity contribution in [3.63, 3.8) is 0 Å². The lowest BCUT2D eigenvalue weighted by Gasteiger charge is -2.34. The van der Waals surface area contributed by atoms with Crippen molar-refractivity contribution >= 4 is 16.9 Å². The van der Waals surface area contributed by atoms with Crippen molar-refractivity contribution in [2.75, 3.05) is 26.2 Å². The number of hydrogen-bond donors (Lipinski definition) is 0. The van der Waals surface area contributed by atoms with E-state index >= 15 is 0 Å². The van der Waals surface area contributed by atoms with E-state index in [4.69, 9.17) is 4.98 Å². The Kier molecular flexibility index (Phi) is 5.95. The molecule has 3 aromatic rings. The molecule has 0 spiro atoms. The number of aromatic nitrogens is 2. The highest BCUT2D eigenvalue weighted by molar-refractivity contribution is 5.76. The first-order chi connectivity index (χ1) is 14.1. The molecule has 1 aromatic heterocycles. The topological polar surface area (TPSA) is 41.4 Å². The first kappa shape index (κ1) is 19.6. The average Bonchev–Trinajstić information content (AvgIpc) is 3.06. The van der Waals surface area contributed by atoms with Crippen LogP contribution in [0.4, 0.5) is 0 Å². The van der Waals surface area contributed by atoms with E-state index in [9.17, 15) is 4.79 Å². The van der Waals surface area contributed by atoms with Crippen molar-refractivity contribution < 1.29 is 4.79 Å². The molecular formula is C24H30N4O. The number of carbonyl (C=O) groups excluding carboxylic acids is 1. The van der Waals surface area contributed by atoms with Crippen molar-refractivity contribution in [1.82, 2.24) is 19.4 Å². The van der Waals surface area contributed by atoms with Crippen LogP contribution in [-0.2, 0) is 17.9 Å². The Labute approximate surface area is 172 Å². The van der Waals surface area contributed by atoms with Gasteiger partial charge in [-0.2, -0.15) is 0 Å². The summed E-state index contributed by atoms with van der Waals surface area (Å²) < 4.78 is 2.35. The molecule has 0 atom stereocenters. The fraction of sp³-hybridized carbons (Fsp3) is 0.417. The minimum Gasteiger partial charge on any atom is -0.340 e. The van der Waals surface area contributed by atoms with Crippen molar-refractivity contribution in [2.45, 2.75) is 39.8 Å². The molecule has 1 amide bonds. The van der Waals surface area contributed by atoms with Crippen LogP contribution in [0, 0.1) is 6.92 Å². The molecule has 5 nitrogen and oxygen atoms in total. The van der Waals surface area contributed by atoms with E-state index in [2.05, 4.69) is 65.8 Å². The number of amides is 1. The standard InChI is InChI=1S/C24H30N4O/c1-3-7-24(29)27-14-12-26(13-15-27)18-23-25-21-10-4-5-11-22(21)28(23)17-20-9-6-8-19(2)16-20/h4-6,8-11,16H,3,7,12-15,17-18H2,1-2H3. The van der Waals surface area contributed by atoms with E-state index in [-0.39, 0.29) is 0 Å². The largest absolute Gasteiger partial charge is 0.340 e. The van der Waals surface area contributed by atoms with Gasteiger partial charge in [0.05, 0.1) is 17.6 Å². The van der Waals surface area contributed by atoms with Crippen molar-refractivity contribution in [3.05, 3.63) is 65.5 Å². The predicted molar refractivity (Wildman–Crippen MR) is 117 cm³/mol. The summed E-state index contributed by atoms with van der Waals surface area (Å²) in [5.41, 5.74) is 4.80. The fourth-order valence-electron chi connectivity index (χ4n) is 4.14. The van der Waals surface area contributed by atoms with E-state index < -0.39 is 0 Å². The summed E-state index contributed by atoms with van der Waals surface area (Å²) >= 11 is 0. The van der Waals surface area contributed by atoms with Crippen molar-refractivity contribution in [2.24, 2.45) is 0 Å². The average molecular weight is 391 g/mol. The van der Waals surface area contributed by atoms with E-state index in [1.54, 1.807) is 0 Å². The van der Waals surface area contributed by atoms with Gasteiger partial charge in [-0.1, -0.05) is 48.9 Å². The molecular weight excluding hydrogens is 360 g/mol. The minimum atomic E-state index is 0.291. The second-order valence-corrected chi connectivity index (χ2v) is 8.00. The molecule has 0 unspecified atom stereocenters. The Morgan fingerprint density at radius 1 is 1.00 bits per heavy atom. The van der Waals surface area contributed by atoms with Crippen LogP contribution in [-0.4, -0.2) is 51.4 Å². The maximum absolute atomic E-state index is 12.2. The molecule has 0 aliphatic carbocycles. The molecule has 1 fully saturated rings. The lowest BCUT2D eigenvalue weighted by atomic mass is 10.1. The summed E-state index contributed by atoms with van der Waals surface area (Å²) in [5.74, 6) is 1.39. The molecule has 4 rings (SSSR count). The monoisotopic (exact) mass is 390 g/mol. The number of piperazine rings is 1. The molecule has 1 aliphatic rings. The summed E-state index contributed by atoms with van der Waals surface area (Å²) in [6.45, 7) is 9.28. The number of fused-ring (bicyclic) bond motifs is 1. The molecule has 1 aliphatic heterocycles. The Hall–Kier alpha value is -2.66. The molecule has 0 saturated carbocycles.